The molecule has 65 heavy (non-hydrogen) atoms. The number of rotatable bonds is 31. The molecule has 0 saturated carbocycles. The van der Waals surface area contributed by atoms with Crippen LogP contribution in [-0.2, 0) is 59.2 Å². The van der Waals surface area contributed by atoms with Crippen molar-refractivity contribution in [1.29, 1.82) is 0 Å². The predicted molar refractivity (Wildman–Crippen MR) is 227 cm³/mol. The SMILES string of the molecule is CSCC[C@H](NC(=O)[C@@H](NC(=O)[C@H](CCC(=O)O)NC(=O)[C@H](Cc1cnc[nH]1)NC(=O)[C@H](CCC(=O)O)NC(=O)[C@H](CCC(=O)O)NC(=O)[C@H](C)NC(=O)[C@@H](N)[C@@H](C)O)C(C)C)C(=O)O. The van der Waals surface area contributed by atoms with Crippen LogP contribution in [0, 0.1) is 5.92 Å². The number of aliphatic carboxylic acids is 4. The van der Waals surface area contributed by atoms with Crippen molar-refractivity contribution in [2.45, 2.75) is 134 Å². The van der Waals surface area contributed by atoms with E-state index in [0.29, 0.717) is 5.75 Å². The van der Waals surface area contributed by atoms with Crippen molar-refractivity contribution < 1.29 is 78.3 Å². The van der Waals surface area contributed by atoms with Gasteiger partial charge < -0.3 is 73.5 Å². The van der Waals surface area contributed by atoms with Crippen molar-refractivity contribution in [3.8, 4) is 0 Å². The van der Waals surface area contributed by atoms with E-state index in [9.17, 15) is 78.3 Å². The molecule has 1 heterocycles. The van der Waals surface area contributed by atoms with Crippen molar-refractivity contribution in [3.63, 3.8) is 0 Å². The highest BCUT2D eigenvalue weighted by Gasteiger charge is 2.35. The topological polar surface area (TPSA) is 428 Å². The van der Waals surface area contributed by atoms with Gasteiger partial charge in [-0.1, -0.05) is 13.8 Å². The largest absolute Gasteiger partial charge is 0.481 e. The summed E-state index contributed by atoms with van der Waals surface area (Å²) in [5, 5.41) is 63.7. The molecule has 1 rings (SSSR count). The first kappa shape index (κ1) is 56.7. The summed E-state index contributed by atoms with van der Waals surface area (Å²) in [6.07, 6.45) is -1.17. The highest BCUT2D eigenvalue weighted by Crippen LogP contribution is 2.10. The van der Waals surface area contributed by atoms with Crippen molar-refractivity contribution in [3.05, 3.63) is 18.2 Å². The van der Waals surface area contributed by atoms with Crippen LogP contribution in [0.2, 0.25) is 0 Å². The first-order valence-corrected chi connectivity index (χ1v) is 21.7. The number of aromatic nitrogens is 2. The lowest BCUT2D eigenvalue weighted by Crippen LogP contribution is -2.61. The van der Waals surface area contributed by atoms with Crippen molar-refractivity contribution in [2.24, 2.45) is 11.7 Å². The molecule has 1 aromatic rings. The highest BCUT2D eigenvalue weighted by atomic mass is 32.2. The Morgan fingerprint density at radius 3 is 1.43 bits per heavy atom. The second-order valence-corrected chi connectivity index (χ2v) is 16.2. The normalized spacial score (nSPS) is 15.2. The van der Waals surface area contributed by atoms with Crippen LogP contribution < -0.4 is 43.0 Å². The van der Waals surface area contributed by atoms with Gasteiger partial charge in [-0.25, -0.2) is 9.78 Å². The minimum absolute atomic E-state index is 0.0623. The van der Waals surface area contributed by atoms with Crippen LogP contribution in [0.25, 0.3) is 0 Å². The van der Waals surface area contributed by atoms with Crippen LogP contribution in [0.4, 0.5) is 0 Å². The number of aromatic amines is 1. The molecule has 0 radical (unpaired) electrons. The van der Waals surface area contributed by atoms with Crippen LogP contribution in [0.1, 0.15) is 78.3 Å². The van der Waals surface area contributed by atoms with Gasteiger partial charge in [-0.3, -0.25) is 47.9 Å². The molecule has 0 spiro atoms. The molecule has 0 unspecified atom stereocenters. The number of imidazole rings is 1. The van der Waals surface area contributed by atoms with E-state index in [-0.39, 0.29) is 18.5 Å². The molecule has 27 heteroatoms. The maximum atomic E-state index is 14.0. The van der Waals surface area contributed by atoms with Crippen molar-refractivity contribution in [1.82, 2.24) is 47.2 Å². The van der Waals surface area contributed by atoms with Crippen LogP contribution >= 0.6 is 11.8 Å². The molecule has 0 fully saturated rings. The van der Waals surface area contributed by atoms with E-state index in [0.717, 1.165) is 0 Å². The number of nitrogens with zero attached hydrogens (tertiary/aromatic N) is 1. The molecule has 0 aromatic carbocycles. The molecule has 1 aromatic heterocycles. The fraction of sp³-hybridized carbons (Fsp3) is 0.632. The number of aliphatic hydroxyl groups is 1. The Kier molecular flexibility index (Phi) is 24.8. The third-order valence-corrected chi connectivity index (χ3v) is 10.1. The number of hydrogen-bond donors (Lipinski definition) is 14. The Morgan fingerprint density at radius 1 is 0.600 bits per heavy atom. The van der Waals surface area contributed by atoms with Crippen LogP contribution in [-0.4, -0.2) is 167 Å². The number of H-pyrrole nitrogens is 1. The first-order chi connectivity index (χ1) is 30.4. The average molecular weight is 945 g/mol. The summed E-state index contributed by atoms with van der Waals surface area (Å²) in [5.41, 5.74) is 5.83. The minimum atomic E-state index is -1.77. The summed E-state index contributed by atoms with van der Waals surface area (Å²) in [6.45, 7) is 5.51. The Balaban J connectivity index is 3.48. The van der Waals surface area contributed by atoms with Gasteiger partial charge in [0, 0.05) is 37.6 Å². The first-order valence-electron chi connectivity index (χ1n) is 20.3. The molecular weight excluding hydrogens is 885 g/mol. The van der Waals surface area contributed by atoms with Gasteiger partial charge in [-0.15, -0.1) is 0 Å². The molecular formula is C38H60N10O16S. The zero-order valence-electron chi connectivity index (χ0n) is 36.5. The number of carboxylic acids is 4. The van der Waals surface area contributed by atoms with Gasteiger partial charge in [0.15, 0.2) is 0 Å². The van der Waals surface area contributed by atoms with E-state index in [1.54, 1.807) is 20.1 Å². The summed E-state index contributed by atoms with van der Waals surface area (Å²) in [7, 11) is 0. The number of nitrogens with two attached hydrogens (primary N) is 1. The number of thioether (sulfide) groups is 1. The summed E-state index contributed by atoms with van der Waals surface area (Å²) in [5.74, 6) is -13.1. The number of carbonyl (C=O) groups is 11. The summed E-state index contributed by atoms with van der Waals surface area (Å²) in [6, 6.07) is -12.3. The molecule has 0 saturated heterocycles. The van der Waals surface area contributed by atoms with Crippen LogP contribution in [0.3, 0.4) is 0 Å². The predicted octanol–water partition coefficient (Wildman–Crippen LogP) is -3.84. The minimum Gasteiger partial charge on any atom is -0.481 e. The number of amides is 7. The van der Waals surface area contributed by atoms with Crippen molar-refractivity contribution >= 4 is 77.0 Å². The Hall–Kier alpha value is -6.35. The molecule has 26 nitrogen and oxygen atoms in total. The molecule has 9 atom stereocenters. The van der Waals surface area contributed by atoms with Gasteiger partial charge >= 0.3 is 23.9 Å². The summed E-state index contributed by atoms with van der Waals surface area (Å²) in [4.78, 5) is 147. The zero-order chi connectivity index (χ0) is 49.6. The quantitative estimate of drug-likeness (QED) is 0.0339. The number of aliphatic hydroxyl groups excluding tert-OH is 1. The van der Waals surface area contributed by atoms with Gasteiger partial charge in [0.2, 0.25) is 41.4 Å². The lowest BCUT2D eigenvalue weighted by molar-refractivity contribution is -0.142. The number of nitrogens with one attached hydrogen (secondary N) is 8. The second kappa shape index (κ2) is 28.4. The van der Waals surface area contributed by atoms with Gasteiger partial charge in [0.1, 0.15) is 48.3 Å². The van der Waals surface area contributed by atoms with E-state index in [1.165, 1.54) is 38.1 Å². The lowest BCUT2D eigenvalue weighted by atomic mass is 10.0. The Morgan fingerprint density at radius 2 is 1.03 bits per heavy atom. The van der Waals surface area contributed by atoms with E-state index >= 15 is 0 Å². The van der Waals surface area contributed by atoms with Crippen molar-refractivity contribution in [2.75, 3.05) is 12.0 Å². The number of carboxylic acid groups (broad SMARTS) is 4. The standard InChI is InChI=1S/C38H60N10O16S/c1-17(2)30(37(62)46-24(38(63)64)12-13-65-5)48-34(59)23(8-11-28(54)55)45-35(60)25(14-20-15-40-16-41-20)47-33(58)22(7-10-27(52)53)44-32(57)21(6-9-26(50)51)43-31(56)18(3)42-36(61)29(39)19(4)49/h15-19,21-25,29-30,49H,6-14,39H2,1-5H3,(H,40,41)(H,42,61)(H,43,56)(H,44,57)(H,45,60)(H,46,62)(H,47,58)(H,48,59)(H,50,51)(H,52,53)(H,54,55)(H,63,64)/t18-,19+,21-,22-,23-,24-,25-,29-,30-/m0/s1. The Bertz CT molecular complexity index is 1830. The molecule has 364 valence electrons. The van der Waals surface area contributed by atoms with Gasteiger partial charge in [0.25, 0.3) is 0 Å². The zero-order valence-corrected chi connectivity index (χ0v) is 37.3. The third kappa shape index (κ3) is 21.3. The van der Waals surface area contributed by atoms with Gasteiger partial charge in [-0.05, 0) is 57.5 Å². The molecule has 15 N–H and O–H groups in total. The summed E-state index contributed by atoms with van der Waals surface area (Å²) >= 11 is 1.34. The maximum absolute atomic E-state index is 14.0. The van der Waals surface area contributed by atoms with E-state index in [4.69, 9.17) is 5.73 Å². The fourth-order valence-electron chi connectivity index (χ4n) is 5.69. The Labute approximate surface area is 377 Å². The fourth-order valence-corrected chi connectivity index (χ4v) is 6.16. The smallest absolute Gasteiger partial charge is 0.326 e. The monoisotopic (exact) mass is 944 g/mol. The maximum Gasteiger partial charge on any atom is 0.326 e. The molecule has 0 aliphatic rings. The molecule has 0 aliphatic heterocycles. The van der Waals surface area contributed by atoms with Gasteiger partial charge in [0.05, 0.1) is 12.4 Å². The second-order valence-electron chi connectivity index (χ2n) is 15.2. The van der Waals surface area contributed by atoms with Crippen LogP contribution in [0.15, 0.2) is 12.5 Å². The average Bonchev–Trinajstić information content (AvgIpc) is 3.74. The van der Waals surface area contributed by atoms with Gasteiger partial charge in [-0.2, -0.15) is 11.8 Å². The molecule has 0 aliphatic carbocycles. The highest BCUT2D eigenvalue weighted by molar-refractivity contribution is 7.98. The van der Waals surface area contributed by atoms with E-state index < -0.39 is 164 Å². The molecule has 7 amide bonds. The lowest BCUT2D eigenvalue weighted by Gasteiger charge is -2.28. The van der Waals surface area contributed by atoms with Crippen LogP contribution in [0.5, 0.6) is 0 Å². The van der Waals surface area contributed by atoms with E-state index in [1.807, 2.05) is 0 Å². The number of hydrogen-bond acceptors (Lipinski definition) is 15. The molecule has 0 bridgehead atoms. The number of carbonyl (C=O) groups excluding carboxylic acids is 7. The summed E-state index contributed by atoms with van der Waals surface area (Å²) < 4.78 is 0. The third-order valence-electron chi connectivity index (χ3n) is 9.50. The van der Waals surface area contributed by atoms with E-state index in [2.05, 4.69) is 47.2 Å².